The topological polar surface area (TPSA) is 61.6 Å². The number of nitrogen functional groups attached to an aromatic ring is 1. The average Bonchev–Trinajstić information content (AvgIpc) is 2.46. The van der Waals surface area contributed by atoms with E-state index in [0.717, 1.165) is 38.2 Å². The first-order valence-electron chi connectivity index (χ1n) is 7.22. The van der Waals surface area contributed by atoms with Gasteiger partial charge in [-0.1, -0.05) is 13.0 Å². The second kappa shape index (κ2) is 6.61. The molecule has 2 amide bonds. The van der Waals surface area contributed by atoms with E-state index in [1.165, 1.54) is 0 Å². The summed E-state index contributed by atoms with van der Waals surface area (Å²) in [5.41, 5.74) is 7.11. The highest BCUT2D eigenvalue weighted by atomic mass is 16.2. The highest BCUT2D eigenvalue weighted by Gasteiger charge is 2.24. The number of benzene rings is 1. The summed E-state index contributed by atoms with van der Waals surface area (Å²) < 4.78 is 0. The summed E-state index contributed by atoms with van der Waals surface area (Å²) in [6, 6.07) is 7.52. The zero-order chi connectivity index (χ0) is 14.5. The molecule has 0 radical (unpaired) electrons. The van der Waals surface area contributed by atoms with E-state index in [1.54, 1.807) is 12.1 Å². The Hall–Kier alpha value is -1.75. The van der Waals surface area contributed by atoms with Crippen LogP contribution < -0.4 is 11.1 Å². The molecule has 1 saturated heterocycles. The SMILES string of the molecule is CCN1CCC(N(C)C(=O)Nc2cccc(N)c2)CC1. The maximum atomic E-state index is 12.2. The van der Waals surface area contributed by atoms with Crippen molar-refractivity contribution in [2.45, 2.75) is 25.8 Å². The first-order valence-corrected chi connectivity index (χ1v) is 7.22. The molecule has 110 valence electrons. The molecule has 3 N–H and O–H groups in total. The van der Waals surface area contributed by atoms with Gasteiger partial charge in [-0.15, -0.1) is 0 Å². The molecule has 1 heterocycles. The smallest absolute Gasteiger partial charge is 0.321 e. The number of piperidine rings is 1. The number of nitrogens with zero attached hydrogens (tertiary/aromatic N) is 2. The van der Waals surface area contributed by atoms with Gasteiger partial charge in [0.15, 0.2) is 0 Å². The average molecular weight is 276 g/mol. The van der Waals surface area contributed by atoms with Crippen molar-refractivity contribution in [2.24, 2.45) is 0 Å². The molecule has 1 aliphatic heterocycles. The monoisotopic (exact) mass is 276 g/mol. The van der Waals surface area contributed by atoms with Crippen molar-refractivity contribution in [2.75, 3.05) is 37.7 Å². The van der Waals surface area contributed by atoms with E-state index in [2.05, 4.69) is 17.1 Å². The van der Waals surface area contributed by atoms with Gasteiger partial charge in [-0.2, -0.15) is 0 Å². The quantitative estimate of drug-likeness (QED) is 0.832. The van der Waals surface area contributed by atoms with Crippen LogP contribution in [0.2, 0.25) is 0 Å². The number of likely N-dealkylation sites (tertiary alicyclic amines) is 1. The van der Waals surface area contributed by atoms with Gasteiger partial charge < -0.3 is 20.9 Å². The van der Waals surface area contributed by atoms with Crippen LogP contribution in [0.5, 0.6) is 0 Å². The number of hydrogen-bond acceptors (Lipinski definition) is 3. The van der Waals surface area contributed by atoms with Crippen LogP contribution in [0.15, 0.2) is 24.3 Å². The number of amides is 2. The van der Waals surface area contributed by atoms with E-state index in [-0.39, 0.29) is 6.03 Å². The number of anilines is 2. The number of carbonyl (C=O) groups excluding carboxylic acids is 1. The summed E-state index contributed by atoms with van der Waals surface area (Å²) in [4.78, 5) is 16.5. The van der Waals surface area contributed by atoms with E-state index in [0.29, 0.717) is 11.7 Å². The van der Waals surface area contributed by atoms with Gasteiger partial charge in [0, 0.05) is 37.6 Å². The lowest BCUT2D eigenvalue weighted by Gasteiger charge is -2.36. The number of carbonyl (C=O) groups is 1. The van der Waals surface area contributed by atoms with E-state index >= 15 is 0 Å². The molecule has 0 saturated carbocycles. The summed E-state index contributed by atoms with van der Waals surface area (Å²) in [7, 11) is 1.87. The number of urea groups is 1. The van der Waals surface area contributed by atoms with Gasteiger partial charge in [-0.25, -0.2) is 4.79 Å². The maximum Gasteiger partial charge on any atom is 0.321 e. The van der Waals surface area contributed by atoms with Crippen LogP contribution in [0.4, 0.5) is 16.2 Å². The Morgan fingerprint density at radius 2 is 2.15 bits per heavy atom. The Labute approximate surface area is 120 Å². The molecule has 0 atom stereocenters. The molecule has 1 aromatic rings. The van der Waals surface area contributed by atoms with Crippen molar-refractivity contribution in [3.63, 3.8) is 0 Å². The van der Waals surface area contributed by atoms with Gasteiger partial charge in [-0.3, -0.25) is 0 Å². The van der Waals surface area contributed by atoms with Crippen molar-refractivity contribution < 1.29 is 4.79 Å². The molecule has 0 unspecified atom stereocenters. The summed E-state index contributed by atoms with van der Waals surface area (Å²) in [5.74, 6) is 0. The Bertz CT molecular complexity index is 455. The summed E-state index contributed by atoms with van der Waals surface area (Å²) in [5, 5.41) is 2.90. The van der Waals surface area contributed by atoms with Crippen LogP contribution in [0, 0.1) is 0 Å². The lowest BCUT2D eigenvalue weighted by molar-refractivity contribution is 0.145. The molecule has 1 aliphatic rings. The zero-order valence-electron chi connectivity index (χ0n) is 12.3. The normalized spacial score (nSPS) is 16.9. The predicted molar refractivity (Wildman–Crippen MR) is 82.8 cm³/mol. The Morgan fingerprint density at radius 1 is 1.45 bits per heavy atom. The van der Waals surface area contributed by atoms with Crippen molar-refractivity contribution >= 4 is 17.4 Å². The van der Waals surface area contributed by atoms with Gasteiger partial charge in [0.2, 0.25) is 0 Å². The molecular weight excluding hydrogens is 252 g/mol. The standard InChI is InChI=1S/C15H24N4O/c1-3-19-9-7-14(8-10-19)18(2)15(20)17-13-6-4-5-12(16)11-13/h4-6,11,14H,3,7-10,16H2,1-2H3,(H,17,20). The third-order valence-electron chi connectivity index (χ3n) is 4.01. The molecule has 0 bridgehead atoms. The second-order valence-electron chi connectivity index (χ2n) is 5.33. The molecular formula is C15H24N4O. The number of nitrogens with two attached hydrogens (primary N) is 1. The summed E-state index contributed by atoms with van der Waals surface area (Å²) >= 11 is 0. The van der Waals surface area contributed by atoms with Crippen LogP contribution in [0.1, 0.15) is 19.8 Å². The Morgan fingerprint density at radius 3 is 2.75 bits per heavy atom. The van der Waals surface area contributed by atoms with Crippen LogP contribution in [0.3, 0.4) is 0 Å². The van der Waals surface area contributed by atoms with Crippen molar-refractivity contribution in [1.29, 1.82) is 0 Å². The molecule has 5 heteroatoms. The number of rotatable bonds is 3. The largest absolute Gasteiger partial charge is 0.399 e. The van der Waals surface area contributed by atoms with E-state index in [9.17, 15) is 4.79 Å². The fourth-order valence-electron chi connectivity index (χ4n) is 2.62. The van der Waals surface area contributed by atoms with Crippen molar-refractivity contribution in [3.05, 3.63) is 24.3 Å². The number of nitrogens with one attached hydrogen (secondary N) is 1. The third-order valence-corrected chi connectivity index (χ3v) is 4.01. The Kier molecular flexibility index (Phi) is 4.84. The predicted octanol–water partition coefficient (Wildman–Crippen LogP) is 2.22. The van der Waals surface area contributed by atoms with Gasteiger partial charge in [-0.05, 0) is 37.6 Å². The molecule has 0 aromatic heterocycles. The molecule has 20 heavy (non-hydrogen) atoms. The lowest BCUT2D eigenvalue weighted by Crippen LogP contribution is -2.46. The minimum atomic E-state index is -0.0643. The molecule has 1 fully saturated rings. The second-order valence-corrected chi connectivity index (χ2v) is 5.33. The molecule has 5 nitrogen and oxygen atoms in total. The van der Waals surface area contributed by atoms with Gasteiger partial charge in [0.05, 0.1) is 0 Å². The van der Waals surface area contributed by atoms with Crippen LogP contribution in [0.25, 0.3) is 0 Å². The Balaban J connectivity index is 1.89. The fourth-order valence-corrected chi connectivity index (χ4v) is 2.62. The highest BCUT2D eigenvalue weighted by molar-refractivity contribution is 5.89. The van der Waals surface area contributed by atoms with E-state index in [4.69, 9.17) is 5.73 Å². The van der Waals surface area contributed by atoms with E-state index < -0.39 is 0 Å². The van der Waals surface area contributed by atoms with Crippen LogP contribution in [-0.2, 0) is 0 Å². The van der Waals surface area contributed by atoms with Gasteiger partial charge >= 0.3 is 6.03 Å². The van der Waals surface area contributed by atoms with Crippen LogP contribution in [-0.4, -0.2) is 48.6 Å². The summed E-state index contributed by atoms with van der Waals surface area (Å²) in [6.07, 6.45) is 2.07. The lowest BCUT2D eigenvalue weighted by atomic mass is 10.0. The number of hydrogen-bond donors (Lipinski definition) is 2. The van der Waals surface area contributed by atoms with Crippen molar-refractivity contribution in [3.8, 4) is 0 Å². The molecule has 0 spiro atoms. The first-order chi connectivity index (χ1) is 9.60. The molecule has 2 rings (SSSR count). The molecule has 0 aliphatic carbocycles. The third kappa shape index (κ3) is 3.63. The minimum Gasteiger partial charge on any atom is -0.399 e. The van der Waals surface area contributed by atoms with Crippen LogP contribution >= 0.6 is 0 Å². The van der Waals surface area contributed by atoms with Gasteiger partial charge in [0.1, 0.15) is 0 Å². The maximum absolute atomic E-state index is 12.2. The van der Waals surface area contributed by atoms with E-state index in [1.807, 2.05) is 24.1 Å². The van der Waals surface area contributed by atoms with Crippen molar-refractivity contribution in [1.82, 2.24) is 9.80 Å². The first kappa shape index (κ1) is 14.7. The zero-order valence-corrected chi connectivity index (χ0v) is 12.3. The highest BCUT2D eigenvalue weighted by Crippen LogP contribution is 2.17. The molecule has 1 aromatic carbocycles. The fraction of sp³-hybridized carbons (Fsp3) is 0.533. The summed E-state index contributed by atoms with van der Waals surface area (Å²) in [6.45, 7) is 5.40. The minimum absolute atomic E-state index is 0.0643. The van der Waals surface area contributed by atoms with Gasteiger partial charge in [0.25, 0.3) is 0 Å².